The summed E-state index contributed by atoms with van der Waals surface area (Å²) in [6.07, 6.45) is 2.73. The highest BCUT2D eigenvalue weighted by Crippen LogP contribution is 2.15. The highest BCUT2D eigenvalue weighted by molar-refractivity contribution is 5.04. The first-order valence-corrected chi connectivity index (χ1v) is 6.30. The van der Waals surface area contributed by atoms with Gasteiger partial charge in [-0.2, -0.15) is 0 Å². The van der Waals surface area contributed by atoms with Crippen LogP contribution < -0.4 is 5.73 Å². The fourth-order valence-electron chi connectivity index (χ4n) is 2.13. The van der Waals surface area contributed by atoms with E-state index in [-0.39, 0.29) is 0 Å². The summed E-state index contributed by atoms with van der Waals surface area (Å²) >= 11 is 0. The van der Waals surface area contributed by atoms with Gasteiger partial charge in [-0.15, -0.1) is 0 Å². The van der Waals surface area contributed by atoms with E-state index in [2.05, 4.69) is 17.0 Å². The van der Waals surface area contributed by atoms with Crippen molar-refractivity contribution in [3.8, 4) is 0 Å². The van der Waals surface area contributed by atoms with Crippen molar-refractivity contribution in [2.75, 3.05) is 19.7 Å². The molecule has 2 rings (SSSR count). The summed E-state index contributed by atoms with van der Waals surface area (Å²) in [7, 11) is 0. The second-order valence-electron chi connectivity index (χ2n) is 4.45. The molecule has 0 aliphatic carbocycles. The number of ether oxygens (including phenoxy) is 1. The Bertz CT molecular complexity index is 334. The predicted octanol–water partition coefficient (Wildman–Crippen LogP) is 1.13. The van der Waals surface area contributed by atoms with Crippen LogP contribution >= 0.6 is 0 Å². The predicted molar refractivity (Wildman–Crippen MR) is 64.3 cm³/mol. The molecule has 0 amide bonds. The van der Waals surface area contributed by atoms with Gasteiger partial charge in [0, 0.05) is 25.8 Å². The largest absolute Gasteiger partial charge is 0.377 e. The molecule has 1 aliphatic rings. The van der Waals surface area contributed by atoms with Gasteiger partial charge < -0.3 is 15.0 Å². The van der Waals surface area contributed by atoms with Gasteiger partial charge in [-0.1, -0.05) is 12.1 Å². The average Bonchev–Trinajstić information content (AvgIpc) is 2.99. The van der Waals surface area contributed by atoms with Gasteiger partial charge in [0.05, 0.1) is 18.3 Å². The lowest BCUT2D eigenvalue weighted by molar-refractivity contribution is 0.0695. The van der Waals surface area contributed by atoms with Crippen LogP contribution in [0, 0.1) is 0 Å². The van der Waals surface area contributed by atoms with E-state index >= 15 is 0 Å². The fraction of sp³-hybridized carbons (Fsp3) is 0.750. The Morgan fingerprint density at radius 2 is 2.47 bits per heavy atom. The van der Waals surface area contributed by atoms with Crippen molar-refractivity contribution in [3.63, 3.8) is 0 Å². The zero-order chi connectivity index (χ0) is 12.1. The summed E-state index contributed by atoms with van der Waals surface area (Å²) < 4.78 is 10.9. The third-order valence-corrected chi connectivity index (χ3v) is 3.13. The summed E-state index contributed by atoms with van der Waals surface area (Å²) in [6.45, 7) is 6.22. The number of hydrogen-bond acceptors (Lipinski definition) is 5. The lowest BCUT2D eigenvalue weighted by Gasteiger charge is -2.22. The summed E-state index contributed by atoms with van der Waals surface area (Å²) in [6, 6.07) is 1.93. The molecule has 1 aliphatic heterocycles. The van der Waals surface area contributed by atoms with Crippen LogP contribution in [0.4, 0.5) is 0 Å². The highest BCUT2D eigenvalue weighted by Gasteiger charge is 2.19. The minimum atomic E-state index is 0.381. The van der Waals surface area contributed by atoms with E-state index in [1.54, 1.807) is 0 Å². The highest BCUT2D eigenvalue weighted by atomic mass is 16.5. The third-order valence-electron chi connectivity index (χ3n) is 3.13. The molecular formula is C12H21N3O2. The zero-order valence-corrected chi connectivity index (χ0v) is 10.4. The molecule has 1 fully saturated rings. The number of rotatable bonds is 6. The van der Waals surface area contributed by atoms with Crippen molar-refractivity contribution in [3.05, 3.63) is 17.5 Å². The Hall–Kier alpha value is -0.910. The molecule has 0 saturated carbocycles. The van der Waals surface area contributed by atoms with Crippen molar-refractivity contribution in [1.29, 1.82) is 0 Å². The van der Waals surface area contributed by atoms with Gasteiger partial charge in [0.25, 0.3) is 0 Å². The molecule has 2 N–H and O–H groups in total. The first-order chi connectivity index (χ1) is 8.31. The lowest BCUT2D eigenvalue weighted by Crippen LogP contribution is -2.31. The summed E-state index contributed by atoms with van der Waals surface area (Å²) in [5.74, 6) is 0.880. The van der Waals surface area contributed by atoms with Gasteiger partial charge in [0.2, 0.25) is 0 Å². The van der Waals surface area contributed by atoms with Crippen LogP contribution in [0.5, 0.6) is 0 Å². The summed E-state index contributed by atoms with van der Waals surface area (Å²) in [4.78, 5) is 2.32. The maximum Gasteiger partial charge on any atom is 0.151 e. The molecule has 0 spiro atoms. The van der Waals surface area contributed by atoms with Gasteiger partial charge in [0.15, 0.2) is 5.76 Å². The Morgan fingerprint density at radius 3 is 3.06 bits per heavy atom. The SMILES string of the molecule is CCN(Cc1cc(CN)no1)CC1CCCO1. The molecule has 2 heterocycles. The Morgan fingerprint density at radius 1 is 1.59 bits per heavy atom. The standard InChI is InChI=1S/C12H21N3O2/c1-2-15(8-11-4-3-5-16-11)9-12-6-10(7-13)14-17-12/h6,11H,2-5,7-9,13H2,1H3. The van der Waals surface area contributed by atoms with Gasteiger partial charge in [-0.3, -0.25) is 4.90 Å². The van der Waals surface area contributed by atoms with Crippen molar-refractivity contribution >= 4 is 0 Å². The van der Waals surface area contributed by atoms with Crippen molar-refractivity contribution in [2.45, 2.75) is 39.0 Å². The molecule has 17 heavy (non-hydrogen) atoms. The Balaban J connectivity index is 1.85. The number of nitrogens with zero attached hydrogens (tertiary/aromatic N) is 2. The van der Waals surface area contributed by atoms with Crippen molar-refractivity contribution < 1.29 is 9.26 Å². The van der Waals surface area contributed by atoms with E-state index in [0.29, 0.717) is 12.6 Å². The van der Waals surface area contributed by atoms with Crippen LogP contribution in [-0.4, -0.2) is 35.9 Å². The molecule has 1 saturated heterocycles. The van der Waals surface area contributed by atoms with E-state index in [4.69, 9.17) is 15.0 Å². The van der Waals surface area contributed by atoms with Crippen LogP contribution in [0.25, 0.3) is 0 Å². The fourth-order valence-corrected chi connectivity index (χ4v) is 2.13. The maximum atomic E-state index is 5.64. The van der Waals surface area contributed by atoms with Crippen molar-refractivity contribution in [2.24, 2.45) is 5.73 Å². The van der Waals surface area contributed by atoms with Crippen LogP contribution in [0.1, 0.15) is 31.2 Å². The van der Waals surface area contributed by atoms with Gasteiger partial charge in [-0.05, 0) is 19.4 Å². The second-order valence-corrected chi connectivity index (χ2v) is 4.45. The molecule has 1 aromatic heterocycles. The smallest absolute Gasteiger partial charge is 0.151 e. The van der Waals surface area contributed by atoms with Crippen LogP contribution in [0.3, 0.4) is 0 Å². The van der Waals surface area contributed by atoms with E-state index in [1.807, 2.05) is 6.07 Å². The molecule has 0 bridgehead atoms. The number of aromatic nitrogens is 1. The average molecular weight is 239 g/mol. The molecule has 0 aromatic carbocycles. The quantitative estimate of drug-likeness (QED) is 0.806. The minimum absolute atomic E-state index is 0.381. The molecule has 1 unspecified atom stereocenters. The number of hydrogen-bond donors (Lipinski definition) is 1. The second kappa shape index (κ2) is 6.14. The third kappa shape index (κ3) is 3.52. The molecule has 5 heteroatoms. The van der Waals surface area contributed by atoms with Gasteiger partial charge in [-0.25, -0.2) is 0 Å². The first-order valence-electron chi connectivity index (χ1n) is 6.30. The molecule has 1 aromatic rings. The molecule has 1 atom stereocenters. The van der Waals surface area contributed by atoms with Crippen molar-refractivity contribution in [1.82, 2.24) is 10.1 Å². The zero-order valence-electron chi connectivity index (χ0n) is 10.4. The van der Waals surface area contributed by atoms with E-state index < -0.39 is 0 Å². The first kappa shape index (κ1) is 12.5. The van der Waals surface area contributed by atoms with Gasteiger partial charge in [0.1, 0.15) is 0 Å². The van der Waals surface area contributed by atoms with Crippen LogP contribution in [-0.2, 0) is 17.8 Å². The monoisotopic (exact) mass is 239 g/mol. The number of nitrogens with two attached hydrogens (primary N) is 1. The van der Waals surface area contributed by atoms with E-state index in [1.165, 1.54) is 12.8 Å². The van der Waals surface area contributed by atoms with E-state index in [0.717, 1.165) is 37.7 Å². The maximum absolute atomic E-state index is 5.64. The topological polar surface area (TPSA) is 64.5 Å². The lowest BCUT2D eigenvalue weighted by atomic mass is 10.2. The van der Waals surface area contributed by atoms with Gasteiger partial charge >= 0.3 is 0 Å². The molecule has 96 valence electrons. The summed E-state index contributed by atoms with van der Waals surface area (Å²) in [5, 5.41) is 3.90. The minimum Gasteiger partial charge on any atom is -0.377 e. The Labute approximate surface area is 102 Å². The van der Waals surface area contributed by atoms with E-state index in [9.17, 15) is 0 Å². The normalized spacial score (nSPS) is 20.3. The summed E-state index contributed by atoms with van der Waals surface area (Å²) in [5.41, 5.74) is 6.32. The molecular weight excluding hydrogens is 218 g/mol. The number of likely N-dealkylation sites (N-methyl/N-ethyl adjacent to an activating group) is 1. The Kier molecular flexibility index (Phi) is 4.53. The molecule has 0 radical (unpaired) electrons. The molecule has 5 nitrogen and oxygen atoms in total. The van der Waals surface area contributed by atoms with Crippen LogP contribution in [0.15, 0.2) is 10.6 Å². The van der Waals surface area contributed by atoms with Crippen LogP contribution in [0.2, 0.25) is 0 Å².